The number of furan rings is 1. The van der Waals surface area contributed by atoms with Gasteiger partial charge in [-0.15, -0.1) is 11.3 Å². The lowest BCUT2D eigenvalue weighted by Crippen LogP contribution is -2.16. The zero-order chi connectivity index (χ0) is 15.7. The van der Waals surface area contributed by atoms with E-state index in [4.69, 9.17) is 39.2 Å². The second kappa shape index (κ2) is 6.30. The molecule has 8 heteroatoms. The average molecular weight is 374 g/mol. The number of amides is 1. The van der Waals surface area contributed by atoms with Gasteiger partial charge in [0.05, 0.1) is 22.5 Å². The lowest BCUT2D eigenvalue weighted by Gasteiger charge is -1.97. The van der Waals surface area contributed by atoms with E-state index in [0.717, 1.165) is 4.70 Å². The molecule has 3 rings (SSSR count). The Morgan fingerprint density at radius 1 is 1.32 bits per heavy atom. The van der Waals surface area contributed by atoms with E-state index in [1.807, 2.05) is 0 Å². The van der Waals surface area contributed by atoms with Crippen LogP contribution in [0.4, 0.5) is 0 Å². The summed E-state index contributed by atoms with van der Waals surface area (Å²) in [6, 6.07) is 6.73. The van der Waals surface area contributed by atoms with Crippen LogP contribution in [-0.2, 0) is 0 Å². The molecular weight excluding hydrogens is 367 g/mol. The van der Waals surface area contributed by atoms with Crippen molar-refractivity contribution in [1.82, 2.24) is 5.43 Å². The van der Waals surface area contributed by atoms with Crippen LogP contribution in [0.5, 0.6) is 0 Å². The number of nitrogens with zero attached hydrogens (tertiary/aromatic N) is 1. The van der Waals surface area contributed by atoms with Crippen LogP contribution in [-0.4, -0.2) is 12.1 Å². The Bertz CT molecular complexity index is 872. The average Bonchev–Trinajstić information content (AvgIpc) is 3.06. The van der Waals surface area contributed by atoms with Gasteiger partial charge < -0.3 is 4.42 Å². The first-order chi connectivity index (χ1) is 10.6. The molecule has 0 spiro atoms. The number of nitrogens with one attached hydrogen (secondary N) is 1. The molecule has 3 aromatic rings. The van der Waals surface area contributed by atoms with E-state index in [1.54, 1.807) is 24.3 Å². The third-order valence-electron chi connectivity index (χ3n) is 2.76. The number of carbonyl (C=O) groups excluding carboxylic acids is 1. The molecule has 1 aromatic carbocycles. The summed E-state index contributed by atoms with van der Waals surface area (Å²) in [6.45, 7) is 0. The first-order valence-corrected chi connectivity index (χ1v) is 7.95. The van der Waals surface area contributed by atoms with E-state index in [2.05, 4.69) is 10.5 Å². The van der Waals surface area contributed by atoms with Crippen LogP contribution in [0.1, 0.15) is 15.4 Å². The Morgan fingerprint density at radius 3 is 2.86 bits per heavy atom. The van der Waals surface area contributed by atoms with Crippen molar-refractivity contribution in [3.63, 3.8) is 0 Å². The molecule has 0 saturated carbocycles. The molecule has 0 aliphatic carbocycles. The lowest BCUT2D eigenvalue weighted by atomic mass is 10.2. The molecular formula is C14H7Cl3N2O2S. The fourth-order valence-electron chi connectivity index (χ4n) is 1.83. The van der Waals surface area contributed by atoms with Gasteiger partial charge in [0, 0.05) is 15.1 Å². The molecule has 0 radical (unpaired) electrons. The third kappa shape index (κ3) is 2.98. The van der Waals surface area contributed by atoms with E-state index in [9.17, 15) is 4.79 Å². The smallest absolute Gasteiger partial charge is 0.283 e. The van der Waals surface area contributed by atoms with Crippen molar-refractivity contribution in [2.75, 3.05) is 0 Å². The Hall–Kier alpha value is -1.53. The van der Waals surface area contributed by atoms with E-state index in [1.165, 1.54) is 23.8 Å². The summed E-state index contributed by atoms with van der Waals surface area (Å²) in [4.78, 5) is 12.5. The lowest BCUT2D eigenvalue weighted by molar-refractivity contribution is 0.0959. The molecule has 0 unspecified atom stereocenters. The van der Waals surface area contributed by atoms with Gasteiger partial charge in [-0.2, -0.15) is 5.10 Å². The van der Waals surface area contributed by atoms with Crippen molar-refractivity contribution in [3.05, 3.63) is 56.2 Å². The van der Waals surface area contributed by atoms with E-state index >= 15 is 0 Å². The molecule has 0 saturated heterocycles. The number of halogens is 3. The molecule has 1 N–H and O–H groups in total. The van der Waals surface area contributed by atoms with Crippen LogP contribution in [0, 0.1) is 0 Å². The number of hydrogen-bond donors (Lipinski definition) is 1. The molecule has 0 bridgehead atoms. The molecule has 112 valence electrons. The van der Waals surface area contributed by atoms with Gasteiger partial charge in [0.15, 0.2) is 0 Å². The van der Waals surface area contributed by atoms with Crippen molar-refractivity contribution in [3.8, 4) is 0 Å². The zero-order valence-corrected chi connectivity index (χ0v) is 13.9. The van der Waals surface area contributed by atoms with E-state index < -0.39 is 5.91 Å². The number of carbonyl (C=O) groups is 1. The van der Waals surface area contributed by atoms with Gasteiger partial charge in [0.25, 0.3) is 5.91 Å². The van der Waals surface area contributed by atoms with Crippen molar-refractivity contribution < 1.29 is 9.21 Å². The summed E-state index contributed by atoms with van der Waals surface area (Å²) in [5.74, 6) is 0.0961. The molecule has 4 nitrogen and oxygen atoms in total. The second-order valence-electron chi connectivity index (χ2n) is 4.22. The maximum absolute atomic E-state index is 12.2. The third-order valence-corrected chi connectivity index (χ3v) is 4.90. The van der Waals surface area contributed by atoms with Crippen molar-refractivity contribution in [2.45, 2.75) is 0 Å². The standard InChI is InChI=1S/C14H7Cl3N2O2S/c15-7-4-9(16)11-10(5-7)22-13(12(11)17)14(20)19-18-6-8-2-1-3-21-8/h1-6H,(H,19,20)/b18-6+. The number of thiophene rings is 1. The minimum Gasteiger partial charge on any atom is -0.463 e. The Morgan fingerprint density at radius 2 is 2.14 bits per heavy atom. The highest BCUT2D eigenvalue weighted by Crippen LogP contribution is 2.41. The predicted molar refractivity (Wildman–Crippen MR) is 90.6 cm³/mol. The van der Waals surface area contributed by atoms with Crippen LogP contribution < -0.4 is 5.43 Å². The highest BCUT2D eigenvalue weighted by Gasteiger charge is 2.19. The Labute approximate surface area is 144 Å². The summed E-state index contributed by atoms with van der Waals surface area (Å²) in [6.07, 6.45) is 2.90. The highest BCUT2D eigenvalue weighted by atomic mass is 35.5. The molecule has 2 heterocycles. The van der Waals surface area contributed by atoms with Crippen LogP contribution in [0.25, 0.3) is 10.1 Å². The summed E-state index contributed by atoms with van der Waals surface area (Å²) in [5.41, 5.74) is 2.39. The largest absolute Gasteiger partial charge is 0.463 e. The quantitative estimate of drug-likeness (QED) is 0.505. The summed E-state index contributed by atoms with van der Waals surface area (Å²) >= 11 is 19.5. The van der Waals surface area contributed by atoms with E-state index in [-0.39, 0.29) is 5.02 Å². The van der Waals surface area contributed by atoms with Gasteiger partial charge in [0.1, 0.15) is 10.6 Å². The number of hydrazone groups is 1. The number of hydrogen-bond acceptors (Lipinski definition) is 4. The molecule has 1 amide bonds. The van der Waals surface area contributed by atoms with Crippen LogP contribution in [0.2, 0.25) is 15.1 Å². The van der Waals surface area contributed by atoms with E-state index in [0.29, 0.717) is 26.1 Å². The van der Waals surface area contributed by atoms with Gasteiger partial charge >= 0.3 is 0 Å². The molecule has 0 atom stereocenters. The number of rotatable bonds is 3. The normalized spacial score (nSPS) is 11.4. The topological polar surface area (TPSA) is 54.6 Å². The molecule has 0 aliphatic rings. The zero-order valence-electron chi connectivity index (χ0n) is 10.8. The second-order valence-corrected chi connectivity index (χ2v) is 6.49. The van der Waals surface area contributed by atoms with Crippen LogP contribution in [0.15, 0.2) is 40.0 Å². The summed E-state index contributed by atoms with van der Waals surface area (Å²) in [7, 11) is 0. The summed E-state index contributed by atoms with van der Waals surface area (Å²) in [5, 5.41) is 5.59. The molecule has 0 aliphatic heterocycles. The van der Waals surface area contributed by atoms with Crippen molar-refractivity contribution in [1.29, 1.82) is 0 Å². The first kappa shape index (κ1) is 15.4. The fourth-order valence-corrected chi connectivity index (χ4v) is 4.10. The van der Waals surface area contributed by atoms with Gasteiger partial charge in [0.2, 0.25) is 0 Å². The minimum atomic E-state index is -0.429. The highest BCUT2D eigenvalue weighted by molar-refractivity contribution is 7.21. The van der Waals surface area contributed by atoms with Gasteiger partial charge in [-0.25, -0.2) is 5.43 Å². The van der Waals surface area contributed by atoms with Crippen molar-refractivity contribution in [2.24, 2.45) is 5.10 Å². The first-order valence-electron chi connectivity index (χ1n) is 6.00. The predicted octanol–water partition coefficient (Wildman–Crippen LogP) is 5.22. The van der Waals surface area contributed by atoms with Crippen LogP contribution >= 0.6 is 46.1 Å². The SMILES string of the molecule is O=C(N/N=C/c1ccco1)c1sc2cc(Cl)cc(Cl)c2c1Cl. The minimum absolute atomic E-state index is 0.285. The number of fused-ring (bicyclic) bond motifs is 1. The molecule has 22 heavy (non-hydrogen) atoms. The van der Waals surface area contributed by atoms with Crippen molar-refractivity contribution >= 4 is 68.3 Å². The summed E-state index contributed by atoms with van der Waals surface area (Å²) < 4.78 is 5.80. The number of benzene rings is 1. The van der Waals surface area contributed by atoms with Gasteiger partial charge in [-0.3, -0.25) is 4.79 Å². The maximum Gasteiger partial charge on any atom is 0.283 e. The monoisotopic (exact) mass is 372 g/mol. The maximum atomic E-state index is 12.2. The Kier molecular flexibility index (Phi) is 4.40. The Balaban J connectivity index is 1.88. The molecule has 2 aromatic heterocycles. The van der Waals surface area contributed by atoms with Crippen LogP contribution in [0.3, 0.4) is 0 Å². The molecule has 0 fully saturated rings. The van der Waals surface area contributed by atoms with Gasteiger partial charge in [-0.1, -0.05) is 34.8 Å². The fraction of sp³-hybridized carbons (Fsp3) is 0. The van der Waals surface area contributed by atoms with Gasteiger partial charge in [-0.05, 0) is 24.3 Å².